The van der Waals surface area contributed by atoms with Crippen LogP contribution in [0.1, 0.15) is 11.1 Å². The lowest BCUT2D eigenvalue weighted by Crippen LogP contribution is -2.17. The van der Waals surface area contributed by atoms with E-state index in [1.807, 2.05) is 4.72 Å². The Morgan fingerprint density at radius 3 is 2.33 bits per heavy atom. The second kappa shape index (κ2) is 6.19. The van der Waals surface area contributed by atoms with Gasteiger partial charge in [0.2, 0.25) is 10.0 Å². The van der Waals surface area contributed by atoms with Crippen LogP contribution in [-0.4, -0.2) is 8.42 Å². The Balaban J connectivity index is 2.25. The van der Waals surface area contributed by atoms with Crippen molar-refractivity contribution in [2.45, 2.75) is 12.3 Å². The topological polar surface area (TPSA) is 72.2 Å². The SMILES string of the molecule is NCc1ccccc1CS(=O)(=O)Nc1cccc(F)c1F. The number of hydrogen-bond acceptors (Lipinski definition) is 3. The van der Waals surface area contributed by atoms with Crippen molar-refractivity contribution in [3.8, 4) is 0 Å². The van der Waals surface area contributed by atoms with E-state index < -0.39 is 27.3 Å². The predicted octanol–water partition coefficient (Wildman–Crippen LogP) is 2.37. The van der Waals surface area contributed by atoms with Gasteiger partial charge in [-0.05, 0) is 23.3 Å². The molecule has 0 aliphatic heterocycles. The molecule has 0 amide bonds. The zero-order valence-electron chi connectivity index (χ0n) is 11.0. The number of hydrogen-bond donors (Lipinski definition) is 2. The van der Waals surface area contributed by atoms with Gasteiger partial charge in [-0.1, -0.05) is 30.3 Å². The highest BCUT2D eigenvalue weighted by molar-refractivity contribution is 7.91. The molecular weight excluding hydrogens is 298 g/mol. The van der Waals surface area contributed by atoms with E-state index in [1.165, 1.54) is 6.07 Å². The summed E-state index contributed by atoms with van der Waals surface area (Å²) in [7, 11) is -3.87. The summed E-state index contributed by atoms with van der Waals surface area (Å²) in [5, 5.41) is 0. The predicted molar refractivity (Wildman–Crippen MR) is 76.9 cm³/mol. The standard InChI is InChI=1S/C14H14F2N2O2S/c15-12-6-3-7-13(14(12)16)18-21(19,20)9-11-5-2-1-4-10(11)8-17/h1-7,18H,8-9,17H2. The van der Waals surface area contributed by atoms with Gasteiger partial charge < -0.3 is 5.73 Å². The lowest BCUT2D eigenvalue weighted by molar-refractivity contribution is 0.511. The molecule has 7 heteroatoms. The van der Waals surface area contributed by atoms with Gasteiger partial charge in [-0.2, -0.15) is 0 Å². The zero-order valence-corrected chi connectivity index (χ0v) is 11.8. The van der Waals surface area contributed by atoms with Gasteiger partial charge >= 0.3 is 0 Å². The molecule has 2 aromatic rings. The van der Waals surface area contributed by atoms with Crippen LogP contribution in [0.25, 0.3) is 0 Å². The highest BCUT2D eigenvalue weighted by atomic mass is 32.2. The fourth-order valence-electron chi connectivity index (χ4n) is 1.89. The minimum Gasteiger partial charge on any atom is -0.326 e. The van der Waals surface area contributed by atoms with Crippen LogP contribution < -0.4 is 10.5 Å². The fourth-order valence-corrected chi connectivity index (χ4v) is 3.14. The highest BCUT2D eigenvalue weighted by Gasteiger charge is 2.17. The largest absolute Gasteiger partial charge is 0.326 e. The van der Waals surface area contributed by atoms with Crippen LogP contribution in [0.2, 0.25) is 0 Å². The molecule has 0 aliphatic rings. The van der Waals surface area contributed by atoms with Crippen molar-refractivity contribution in [2.75, 3.05) is 4.72 Å². The number of halogens is 2. The van der Waals surface area contributed by atoms with Crippen LogP contribution in [-0.2, 0) is 22.3 Å². The van der Waals surface area contributed by atoms with E-state index in [0.717, 1.165) is 12.1 Å². The van der Waals surface area contributed by atoms with E-state index >= 15 is 0 Å². The lowest BCUT2D eigenvalue weighted by atomic mass is 10.1. The minimum atomic E-state index is -3.87. The Kier molecular flexibility index (Phi) is 4.54. The van der Waals surface area contributed by atoms with E-state index in [9.17, 15) is 17.2 Å². The van der Waals surface area contributed by atoms with Crippen LogP contribution in [0, 0.1) is 11.6 Å². The molecule has 0 saturated carbocycles. The number of rotatable bonds is 5. The molecule has 4 nitrogen and oxygen atoms in total. The van der Waals surface area contributed by atoms with Crippen molar-refractivity contribution in [2.24, 2.45) is 5.73 Å². The van der Waals surface area contributed by atoms with E-state index in [-0.39, 0.29) is 12.3 Å². The smallest absolute Gasteiger partial charge is 0.237 e. The summed E-state index contributed by atoms with van der Waals surface area (Å²) in [6, 6.07) is 10.1. The normalized spacial score (nSPS) is 11.4. The number of anilines is 1. The highest BCUT2D eigenvalue weighted by Crippen LogP contribution is 2.20. The van der Waals surface area contributed by atoms with Crippen molar-refractivity contribution in [1.82, 2.24) is 0 Å². The Morgan fingerprint density at radius 1 is 1.00 bits per heavy atom. The van der Waals surface area contributed by atoms with E-state index in [4.69, 9.17) is 5.73 Å². The Labute approximate surface area is 121 Å². The second-order valence-electron chi connectivity index (χ2n) is 4.44. The van der Waals surface area contributed by atoms with E-state index in [0.29, 0.717) is 11.1 Å². The van der Waals surface area contributed by atoms with Crippen molar-refractivity contribution in [1.29, 1.82) is 0 Å². The van der Waals surface area contributed by atoms with E-state index in [1.54, 1.807) is 24.3 Å². The molecule has 3 N–H and O–H groups in total. The second-order valence-corrected chi connectivity index (χ2v) is 6.16. The Hall–Kier alpha value is -1.99. The Bertz CT molecular complexity index is 748. The van der Waals surface area contributed by atoms with Gasteiger partial charge in [-0.15, -0.1) is 0 Å². The van der Waals surface area contributed by atoms with Gasteiger partial charge in [0, 0.05) is 6.54 Å². The molecule has 0 radical (unpaired) electrons. The first-order chi connectivity index (χ1) is 9.93. The lowest BCUT2D eigenvalue weighted by Gasteiger charge is -2.11. The Morgan fingerprint density at radius 2 is 1.67 bits per heavy atom. The summed E-state index contributed by atoms with van der Waals surface area (Å²) in [6.45, 7) is 0.194. The average Bonchev–Trinajstić information content (AvgIpc) is 2.44. The van der Waals surface area contributed by atoms with Gasteiger partial charge in [0.15, 0.2) is 11.6 Å². The maximum absolute atomic E-state index is 13.5. The van der Waals surface area contributed by atoms with Gasteiger partial charge in [0.25, 0.3) is 0 Å². The van der Waals surface area contributed by atoms with Crippen LogP contribution in [0.5, 0.6) is 0 Å². The fraction of sp³-hybridized carbons (Fsp3) is 0.143. The molecule has 112 valence electrons. The van der Waals surface area contributed by atoms with Gasteiger partial charge in [-0.25, -0.2) is 17.2 Å². The third-order valence-corrected chi connectivity index (χ3v) is 4.12. The first kappa shape index (κ1) is 15.4. The van der Waals surface area contributed by atoms with Crippen molar-refractivity contribution in [3.05, 3.63) is 65.2 Å². The molecule has 0 bridgehead atoms. The summed E-state index contributed by atoms with van der Waals surface area (Å²) in [4.78, 5) is 0. The number of benzene rings is 2. The molecule has 21 heavy (non-hydrogen) atoms. The third kappa shape index (κ3) is 3.77. The number of sulfonamides is 1. The summed E-state index contributed by atoms with van der Waals surface area (Å²) >= 11 is 0. The zero-order chi connectivity index (χ0) is 15.5. The maximum atomic E-state index is 13.5. The summed E-state index contributed by atoms with van der Waals surface area (Å²) in [6.07, 6.45) is 0. The summed E-state index contributed by atoms with van der Waals surface area (Å²) < 4.78 is 52.7. The molecule has 0 saturated heterocycles. The molecule has 0 fully saturated rings. The minimum absolute atomic E-state index is 0.194. The van der Waals surface area contributed by atoms with Crippen LogP contribution in [0.3, 0.4) is 0 Å². The quantitative estimate of drug-likeness (QED) is 0.890. The first-order valence-electron chi connectivity index (χ1n) is 6.14. The van der Waals surface area contributed by atoms with Crippen molar-refractivity contribution < 1.29 is 17.2 Å². The molecule has 2 rings (SSSR count). The average molecular weight is 312 g/mol. The first-order valence-corrected chi connectivity index (χ1v) is 7.79. The molecule has 0 aromatic heterocycles. The summed E-state index contributed by atoms with van der Waals surface area (Å²) in [5.41, 5.74) is 6.33. The molecular formula is C14H14F2N2O2S. The molecule has 0 atom stereocenters. The van der Waals surface area contributed by atoms with Crippen molar-refractivity contribution >= 4 is 15.7 Å². The monoisotopic (exact) mass is 312 g/mol. The third-order valence-electron chi connectivity index (χ3n) is 2.90. The molecule has 0 spiro atoms. The van der Waals surface area contributed by atoms with Crippen LogP contribution in [0.15, 0.2) is 42.5 Å². The number of nitrogens with two attached hydrogens (primary N) is 1. The number of nitrogens with one attached hydrogen (secondary N) is 1. The van der Waals surface area contributed by atoms with Gasteiger partial charge in [0.1, 0.15) is 0 Å². The van der Waals surface area contributed by atoms with Crippen molar-refractivity contribution in [3.63, 3.8) is 0 Å². The molecule has 0 unspecified atom stereocenters. The van der Waals surface area contributed by atoms with E-state index in [2.05, 4.69) is 0 Å². The summed E-state index contributed by atoms with van der Waals surface area (Å²) in [5.74, 6) is -2.71. The maximum Gasteiger partial charge on any atom is 0.237 e. The molecule has 0 aliphatic carbocycles. The molecule has 0 heterocycles. The van der Waals surface area contributed by atoms with Gasteiger partial charge in [0.05, 0.1) is 11.4 Å². The van der Waals surface area contributed by atoms with Crippen LogP contribution >= 0.6 is 0 Å². The van der Waals surface area contributed by atoms with Crippen LogP contribution in [0.4, 0.5) is 14.5 Å². The van der Waals surface area contributed by atoms with Gasteiger partial charge in [-0.3, -0.25) is 4.72 Å². The molecule has 2 aromatic carbocycles.